The molecule has 0 bridgehead atoms. The largest absolute Gasteiger partial charge is 0.405 e. The predicted octanol–water partition coefficient (Wildman–Crippen LogP) is 0.264. The molecule has 0 aromatic rings. The number of amides is 2. The highest BCUT2D eigenvalue weighted by atomic mass is 19.4. The Balaban J connectivity index is 2.36. The minimum atomic E-state index is -4.41. The van der Waals surface area contributed by atoms with Crippen molar-refractivity contribution >= 4 is 11.8 Å². The number of carbonyl (C=O) groups is 2. The van der Waals surface area contributed by atoms with Crippen molar-refractivity contribution in [1.29, 1.82) is 0 Å². The molecule has 1 aliphatic heterocycles. The second-order valence-corrected chi connectivity index (χ2v) is 4.73. The standard InChI is InChI=1S/C11H18F3N3O2/c1-7(10(19)15-6-11(12,13)14)16-8-3-4-9(18)17(2)5-8/h7-8,16H,3-6H2,1-2H3,(H,15,19). The molecule has 0 spiro atoms. The summed E-state index contributed by atoms with van der Waals surface area (Å²) in [5.74, 6) is -0.663. The monoisotopic (exact) mass is 281 g/mol. The molecule has 0 aromatic carbocycles. The summed E-state index contributed by atoms with van der Waals surface area (Å²) in [7, 11) is 1.66. The van der Waals surface area contributed by atoms with Gasteiger partial charge in [0.05, 0.1) is 6.04 Å². The predicted molar refractivity (Wildman–Crippen MR) is 62.3 cm³/mol. The highest BCUT2D eigenvalue weighted by Crippen LogP contribution is 2.13. The second kappa shape index (κ2) is 6.23. The van der Waals surface area contributed by atoms with Gasteiger partial charge in [0.15, 0.2) is 0 Å². The maximum Gasteiger partial charge on any atom is 0.405 e. The minimum absolute atomic E-state index is 0.0345. The van der Waals surface area contributed by atoms with E-state index in [2.05, 4.69) is 5.32 Å². The summed E-state index contributed by atoms with van der Waals surface area (Å²) < 4.78 is 35.9. The number of likely N-dealkylation sites (N-methyl/N-ethyl adjacent to an activating group) is 1. The first-order valence-electron chi connectivity index (χ1n) is 6.03. The summed E-state index contributed by atoms with van der Waals surface area (Å²) in [6.45, 7) is 0.624. The van der Waals surface area contributed by atoms with E-state index in [0.29, 0.717) is 19.4 Å². The van der Waals surface area contributed by atoms with E-state index in [4.69, 9.17) is 0 Å². The van der Waals surface area contributed by atoms with E-state index in [9.17, 15) is 22.8 Å². The molecule has 1 rings (SSSR count). The van der Waals surface area contributed by atoms with E-state index in [1.54, 1.807) is 11.9 Å². The SMILES string of the molecule is CC(NC1CCC(=O)N(C)C1)C(=O)NCC(F)(F)F. The Morgan fingerprint density at radius 3 is 2.68 bits per heavy atom. The molecule has 8 heteroatoms. The zero-order valence-corrected chi connectivity index (χ0v) is 10.9. The van der Waals surface area contributed by atoms with Crippen molar-refractivity contribution in [1.82, 2.24) is 15.5 Å². The summed E-state index contributed by atoms with van der Waals surface area (Å²) in [5, 5.41) is 4.76. The molecule has 2 amide bonds. The lowest BCUT2D eigenvalue weighted by Crippen LogP contribution is -2.53. The molecule has 2 atom stereocenters. The van der Waals surface area contributed by atoms with Gasteiger partial charge in [0.2, 0.25) is 11.8 Å². The van der Waals surface area contributed by atoms with Crippen LogP contribution in [0.5, 0.6) is 0 Å². The first kappa shape index (κ1) is 15.7. The van der Waals surface area contributed by atoms with Crippen LogP contribution in [0.25, 0.3) is 0 Å². The Morgan fingerprint density at radius 2 is 2.16 bits per heavy atom. The summed E-state index contributed by atoms with van der Waals surface area (Å²) >= 11 is 0. The first-order chi connectivity index (χ1) is 8.69. The third kappa shape index (κ3) is 5.46. The van der Waals surface area contributed by atoms with Crippen LogP contribution < -0.4 is 10.6 Å². The Kier molecular flexibility index (Phi) is 5.16. The number of halogens is 3. The highest BCUT2D eigenvalue weighted by molar-refractivity contribution is 5.81. The summed E-state index contributed by atoms with van der Waals surface area (Å²) in [4.78, 5) is 24.3. The molecule has 19 heavy (non-hydrogen) atoms. The Labute approximate surface area is 109 Å². The van der Waals surface area contributed by atoms with Crippen LogP contribution in [0.1, 0.15) is 19.8 Å². The zero-order chi connectivity index (χ0) is 14.6. The highest BCUT2D eigenvalue weighted by Gasteiger charge is 2.30. The smallest absolute Gasteiger partial charge is 0.346 e. The molecule has 1 fully saturated rings. The molecule has 0 radical (unpaired) electrons. The van der Waals surface area contributed by atoms with Gasteiger partial charge in [0, 0.05) is 26.1 Å². The van der Waals surface area contributed by atoms with Gasteiger partial charge in [0.25, 0.3) is 0 Å². The molecular weight excluding hydrogens is 263 g/mol. The van der Waals surface area contributed by atoms with Gasteiger partial charge in [0.1, 0.15) is 6.54 Å². The van der Waals surface area contributed by atoms with Gasteiger partial charge < -0.3 is 15.5 Å². The number of carbonyl (C=O) groups excluding carboxylic acids is 2. The summed E-state index contributed by atoms with van der Waals surface area (Å²) in [5.41, 5.74) is 0. The van der Waals surface area contributed by atoms with Crippen molar-refractivity contribution in [2.24, 2.45) is 0 Å². The third-order valence-electron chi connectivity index (χ3n) is 2.97. The summed E-state index contributed by atoms with van der Waals surface area (Å²) in [6.07, 6.45) is -3.45. The third-order valence-corrected chi connectivity index (χ3v) is 2.97. The number of alkyl halides is 3. The lowest BCUT2D eigenvalue weighted by atomic mass is 10.0. The van der Waals surface area contributed by atoms with E-state index in [1.165, 1.54) is 6.92 Å². The normalized spacial score (nSPS) is 22.3. The Bertz CT molecular complexity index is 347. The molecule has 0 aromatic heterocycles. The lowest BCUT2D eigenvalue weighted by Gasteiger charge is -2.31. The Morgan fingerprint density at radius 1 is 1.53 bits per heavy atom. The van der Waals surface area contributed by atoms with Crippen molar-refractivity contribution in [2.75, 3.05) is 20.1 Å². The van der Waals surface area contributed by atoms with Crippen LogP contribution in [0.2, 0.25) is 0 Å². The first-order valence-corrected chi connectivity index (χ1v) is 6.03. The molecule has 2 N–H and O–H groups in total. The fraction of sp³-hybridized carbons (Fsp3) is 0.818. The zero-order valence-electron chi connectivity index (χ0n) is 10.9. The van der Waals surface area contributed by atoms with Crippen LogP contribution in [0.4, 0.5) is 13.2 Å². The Hall–Kier alpha value is -1.31. The van der Waals surface area contributed by atoms with Crippen molar-refractivity contribution in [3.05, 3.63) is 0 Å². The van der Waals surface area contributed by atoms with Gasteiger partial charge in [-0.3, -0.25) is 9.59 Å². The van der Waals surface area contributed by atoms with E-state index in [1.807, 2.05) is 5.32 Å². The summed E-state index contributed by atoms with van der Waals surface area (Å²) in [6, 6.07) is -0.803. The number of nitrogens with one attached hydrogen (secondary N) is 2. The van der Waals surface area contributed by atoms with Crippen LogP contribution in [-0.4, -0.2) is 55.1 Å². The van der Waals surface area contributed by atoms with E-state index in [0.717, 1.165) is 0 Å². The van der Waals surface area contributed by atoms with E-state index in [-0.39, 0.29) is 11.9 Å². The van der Waals surface area contributed by atoms with Crippen LogP contribution >= 0.6 is 0 Å². The molecule has 0 aliphatic carbocycles. The van der Waals surface area contributed by atoms with Crippen LogP contribution in [0, 0.1) is 0 Å². The van der Waals surface area contributed by atoms with Gasteiger partial charge in [-0.05, 0) is 13.3 Å². The maximum atomic E-state index is 12.0. The number of piperidine rings is 1. The average Bonchev–Trinajstić information content (AvgIpc) is 2.29. The van der Waals surface area contributed by atoms with Gasteiger partial charge in [-0.1, -0.05) is 0 Å². The minimum Gasteiger partial charge on any atom is -0.346 e. The quantitative estimate of drug-likeness (QED) is 0.777. The number of likely N-dealkylation sites (tertiary alicyclic amines) is 1. The molecular formula is C11H18F3N3O2. The molecule has 1 saturated heterocycles. The number of hydrogen-bond donors (Lipinski definition) is 2. The second-order valence-electron chi connectivity index (χ2n) is 4.73. The molecule has 1 heterocycles. The van der Waals surface area contributed by atoms with Crippen LogP contribution in [0.3, 0.4) is 0 Å². The number of nitrogens with zero attached hydrogens (tertiary/aromatic N) is 1. The van der Waals surface area contributed by atoms with Crippen molar-refractivity contribution < 1.29 is 22.8 Å². The van der Waals surface area contributed by atoms with Gasteiger partial charge in [-0.2, -0.15) is 13.2 Å². The van der Waals surface area contributed by atoms with Crippen molar-refractivity contribution in [2.45, 2.75) is 38.0 Å². The van der Waals surface area contributed by atoms with E-state index >= 15 is 0 Å². The van der Waals surface area contributed by atoms with Crippen LogP contribution in [0.15, 0.2) is 0 Å². The number of rotatable bonds is 4. The fourth-order valence-corrected chi connectivity index (χ4v) is 1.92. The topological polar surface area (TPSA) is 61.4 Å². The number of hydrogen-bond acceptors (Lipinski definition) is 3. The molecule has 110 valence electrons. The van der Waals surface area contributed by atoms with Crippen molar-refractivity contribution in [3.8, 4) is 0 Å². The van der Waals surface area contributed by atoms with Crippen LogP contribution in [-0.2, 0) is 9.59 Å². The van der Waals surface area contributed by atoms with E-state index < -0.39 is 24.7 Å². The molecule has 2 unspecified atom stereocenters. The van der Waals surface area contributed by atoms with Gasteiger partial charge in [-0.25, -0.2) is 0 Å². The molecule has 0 saturated carbocycles. The molecule has 1 aliphatic rings. The van der Waals surface area contributed by atoms with Crippen molar-refractivity contribution in [3.63, 3.8) is 0 Å². The molecule has 5 nitrogen and oxygen atoms in total. The van der Waals surface area contributed by atoms with Gasteiger partial charge in [-0.15, -0.1) is 0 Å². The lowest BCUT2D eigenvalue weighted by molar-refractivity contribution is -0.139. The average molecular weight is 281 g/mol. The maximum absolute atomic E-state index is 12.0. The van der Waals surface area contributed by atoms with Gasteiger partial charge >= 0.3 is 6.18 Å². The fourth-order valence-electron chi connectivity index (χ4n) is 1.92.